The van der Waals surface area contributed by atoms with Crippen LogP contribution in [0.4, 0.5) is 5.69 Å². The van der Waals surface area contributed by atoms with Crippen LogP contribution in [0.5, 0.6) is 0 Å². The number of aryl methyl sites for hydroxylation is 1. The SMILES string of the molecule is Cc1ccc(C(=O)NC(=S)Nc2cccc(-c3nc4cc(Cl)ccc4o3)c2C)cc1. The van der Waals surface area contributed by atoms with E-state index in [2.05, 4.69) is 15.6 Å². The molecule has 1 heterocycles. The van der Waals surface area contributed by atoms with Crippen LogP contribution in [0.1, 0.15) is 21.5 Å². The maximum atomic E-state index is 12.4. The lowest BCUT2D eigenvalue weighted by Crippen LogP contribution is -2.34. The minimum absolute atomic E-state index is 0.213. The lowest BCUT2D eigenvalue weighted by atomic mass is 10.1. The molecule has 150 valence electrons. The van der Waals surface area contributed by atoms with Crippen molar-refractivity contribution in [2.75, 3.05) is 5.32 Å². The highest BCUT2D eigenvalue weighted by Crippen LogP contribution is 2.31. The Labute approximate surface area is 184 Å². The van der Waals surface area contributed by atoms with Crippen LogP contribution < -0.4 is 10.6 Å². The summed E-state index contributed by atoms with van der Waals surface area (Å²) in [5.41, 5.74) is 5.44. The number of rotatable bonds is 3. The minimum atomic E-state index is -0.267. The van der Waals surface area contributed by atoms with Crippen LogP contribution in [-0.4, -0.2) is 16.0 Å². The van der Waals surface area contributed by atoms with Gasteiger partial charge in [-0.3, -0.25) is 10.1 Å². The van der Waals surface area contributed by atoms with Crippen LogP contribution in [0, 0.1) is 13.8 Å². The number of hydrogen-bond donors (Lipinski definition) is 2. The third kappa shape index (κ3) is 4.20. The molecule has 0 aliphatic heterocycles. The van der Waals surface area contributed by atoms with E-state index >= 15 is 0 Å². The van der Waals surface area contributed by atoms with Crippen molar-refractivity contribution in [3.63, 3.8) is 0 Å². The number of carbonyl (C=O) groups excluding carboxylic acids is 1. The molecule has 1 aromatic heterocycles. The molecule has 0 aliphatic carbocycles. The van der Waals surface area contributed by atoms with Crippen molar-refractivity contribution >= 4 is 51.6 Å². The summed E-state index contributed by atoms with van der Waals surface area (Å²) in [6.07, 6.45) is 0. The van der Waals surface area contributed by atoms with Gasteiger partial charge in [0.25, 0.3) is 5.91 Å². The summed E-state index contributed by atoms with van der Waals surface area (Å²) in [5.74, 6) is 0.222. The van der Waals surface area contributed by atoms with Gasteiger partial charge in [0.15, 0.2) is 10.7 Å². The van der Waals surface area contributed by atoms with Gasteiger partial charge in [0.1, 0.15) is 5.52 Å². The third-order valence-corrected chi connectivity index (χ3v) is 5.14. The highest BCUT2D eigenvalue weighted by Gasteiger charge is 2.14. The summed E-state index contributed by atoms with van der Waals surface area (Å²) in [4.78, 5) is 16.9. The Kier molecular flexibility index (Phi) is 5.53. The second-order valence-electron chi connectivity index (χ2n) is 6.88. The molecular formula is C23H18ClN3O2S. The Morgan fingerprint density at radius 3 is 2.60 bits per heavy atom. The van der Waals surface area contributed by atoms with E-state index in [-0.39, 0.29) is 11.0 Å². The third-order valence-electron chi connectivity index (χ3n) is 4.70. The van der Waals surface area contributed by atoms with Crippen LogP contribution in [0.3, 0.4) is 0 Å². The highest BCUT2D eigenvalue weighted by atomic mass is 35.5. The Morgan fingerprint density at radius 1 is 1.07 bits per heavy atom. The molecule has 0 saturated heterocycles. The van der Waals surface area contributed by atoms with Crippen LogP contribution >= 0.6 is 23.8 Å². The van der Waals surface area contributed by atoms with Gasteiger partial charge in [-0.05, 0) is 74.1 Å². The summed E-state index contributed by atoms with van der Waals surface area (Å²) >= 11 is 11.4. The first kappa shape index (κ1) is 20.1. The molecule has 0 radical (unpaired) electrons. The summed E-state index contributed by atoms with van der Waals surface area (Å²) in [6.45, 7) is 3.90. The van der Waals surface area contributed by atoms with E-state index in [1.165, 1.54) is 0 Å². The van der Waals surface area contributed by atoms with Crippen LogP contribution in [0.15, 0.2) is 65.1 Å². The number of halogens is 1. The maximum Gasteiger partial charge on any atom is 0.257 e. The van der Waals surface area contributed by atoms with Gasteiger partial charge in [0, 0.05) is 21.8 Å². The van der Waals surface area contributed by atoms with Crippen molar-refractivity contribution in [2.45, 2.75) is 13.8 Å². The zero-order valence-electron chi connectivity index (χ0n) is 16.3. The Hall–Kier alpha value is -3.22. The van der Waals surface area contributed by atoms with Crippen LogP contribution in [0.25, 0.3) is 22.6 Å². The van der Waals surface area contributed by atoms with Crippen molar-refractivity contribution < 1.29 is 9.21 Å². The van der Waals surface area contributed by atoms with E-state index < -0.39 is 0 Å². The van der Waals surface area contributed by atoms with Crippen molar-refractivity contribution in [3.05, 3.63) is 82.4 Å². The lowest BCUT2D eigenvalue weighted by Gasteiger charge is -2.13. The molecule has 3 aromatic carbocycles. The number of hydrogen-bond acceptors (Lipinski definition) is 4. The van der Waals surface area contributed by atoms with Crippen molar-refractivity contribution in [3.8, 4) is 11.5 Å². The molecule has 1 amide bonds. The normalized spacial score (nSPS) is 10.8. The fraction of sp³-hybridized carbons (Fsp3) is 0.0870. The van der Waals surface area contributed by atoms with E-state index in [1.54, 1.807) is 30.3 Å². The van der Waals surface area contributed by atoms with Gasteiger partial charge in [-0.1, -0.05) is 35.4 Å². The number of oxazole rings is 1. The number of nitrogens with one attached hydrogen (secondary N) is 2. The van der Waals surface area contributed by atoms with Gasteiger partial charge >= 0.3 is 0 Å². The molecule has 4 aromatic rings. The van der Waals surface area contributed by atoms with Crippen LogP contribution in [-0.2, 0) is 0 Å². The second-order valence-corrected chi connectivity index (χ2v) is 7.73. The summed E-state index contributed by atoms with van der Waals surface area (Å²) < 4.78 is 5.88. The molecule has 0 aliphatic rings. The molecule has 0 fully saturated rings. The molecule has 4 rings (SSSR count). The predicted molar refractivity (Wildman–Crippen MR) is 124 cm³/mol. The summed E-state index contributed by atoms with van der Waals surface area (Å²) in [7, 11) is 0. The number of carbonyl (C=O) groups is 1. The van der Waals surface area contributed by atoms with Gasteiger partial charge in [0.2, 0.25) is 5.89 Å². The Balaban J connectivity index is 1.54. The molecule has 5 nitrogen and oxygen atoms in total. The summed E-state index contributed by atoms with van der Waals surface area (Å²) in [5, 5.41) is 6.60. The zero-order chi connectivity index (χ0) is 21.3. The van der Waals surface area contributed by atoms with E-state index in [4.69, 9.17) is 28.2 Å². The number of nitrogens with zero attached hydrogens (tertiary/aromatic N) is 1. The monoisotopic (exact) mass is 435 g/mol. The van der Waals surface area contributed by atoms with Gasteiger partial charge < -0.3 is 9.73 Å². The quantitative estimate of drug-likeness (QED) is 0.392. The number of anilines is 1. The number of amides is 1. The van der Waals surface area contributed by atoms with Crippen LogP contribution in [0.2, 0.25) is 5.02 Å². The first-order valence-corrected chi connectivity index (χ1v) is 10.0. The minimum Gasteiger partial charge on any atom is -0.436 e. The molecule has 0 atom stereocenters. The van der Waals surface area contributed by atoms with Gasteiger partial charge in [-0.15, -0.1) is 0 Å². The molecule has 0 bridgehead atoms. The number of aromatic nitrogens is 1. The van der Waals surface area contributed by atoms with E-state index in [9.17, 15) is 4.79 Å². The van der Waals surface area contributed by atoms with Crippen molar-refractivity contribution in [1.29, 1.82) is 0 Å². The van der Waals surface area contributed by atoms with E-state index in [0.29, 0.717) is 27.6 Å². The van der Waals surface area contributed by atoms with Gasteiger partial charge in [-0.2, -0.15) is 0 Å². The summed E-state index contributed by atoms with van der Waals surface area (Å²) in [6, 6.07) is 18.3. The first-order valence-electron chi connectivity index (χ1n) is 9.26. The molecule has 7 heteroatoms. The van der Waals surface area contributed by atoms with Crippen molar-refractivity contribution in [2.24, 2.45) is 0 Å². The standard InChI is InChI=1S/C23H18ClN3O2S/c1-13-6-8-15(9-7-13)21(28)27-23(30)26-18-5-3-4-17(14(18)2)22-25-19-12-16(24)10-11-20(19)29-22/h3-12H,1-2H3,(H2,26,27,28,30). The molecular weight excluding hydrogens is 418 g/mol. The number of fused-ring (bicyclic) bond motifs is 1. The predicted octanol–water partition coefficient (Wildman–Crippen LogP) is 5.89. The maximum absolute atomic E-state index is 12.4. The van der Waals surface area contributed by atoms with Crippen molar-refractivity contribution in [1.82, 2.24) is 10.3 Å². The molecule has 0 saturated carbocycles. The number of thiocarbonyl (C=S) groups is 1. The topological polar surface area (TPSA) is 67.2 Å². The average molecular weight is 436 g/mol. The van der Waals surface area contributed by atoms with Gasteiger partial charge in [0.05, 0.1) is 0 Å². The molecule has 0 unspecified atom stereocenters. The molecule has 30 heavy (non-hydrogen) atoms. The van der Waals surface area contributed by atoms with Gasteiger partial charge in [-0.25, -0.2) is 4.98 Å². The fourth-order valence-electron chi connectivity index (χ4n) is 3.05. The first-order chi connectivity index (χ1) is 14.4. The smallest absolute Gasteiger partial charge is 0.257 e. The molecule has 0 spiro atoms. The average Bonchev–Trinajstić information content (AvgIpc) is 3.12. The Bertz CT molecular complexity index is 1270. The molecule has 2 N–H and O–H groups in total. The highest BCUT2D eigenvalue weighted by molar-refractivity contribution is 7.80. The van der Waals surface area contributed by atoms with E-state index in [1.807, 2.05) is 44.2 Å². The second kappa shape index (κ2) is 8.26. The number of benzene rings is 3. The largest absolute Gasteiger partial charge is 0.436 e. The van der Waals surface area contributed by atoms with E-state index in [0.717, 1.165) is 22.4 Å². The Morgan fingerprint density at radius 2 is 1.83 bits per heavy atom. The lowest BCUT2D eigenvalue weighted by molar-refractivity contribution is 0.0977. The fourth-order valence-corrected chi connectivity index (χ4v) is 3.42. The zero-order valence-corrected chi connectivity index (χ0v) is 17.9.